The van der Waals surface area contributed by atoms with Gasteiger partial charge in [0, 0.05) is 25.8 Å². The molecule has 1 aromatic carbocycles. The zero-order valence-corrected chi connectivity index (χ0v) is 16.8. The van der Waals surface area contributed by atoms with Crippen LogP contribution in [0.4, 0.5) is 5.69 Å². The van der Waals surface area contributed by atoms with Gasteiger partial charge < -0.3 is 5.32 Å². The minimum absolute atomic E-state index is 0.135. The molecule has 0 aliphatic rings. The number of carbonyl (C=O) groups is 1. The van der Waals surface area contributed by atoms with Crippen LogP contribution in [0.5, 0.6) is 0 Å². The maximum Gasteiger partial charge on any atom is 0.242 e. The number of nitrogens with one attached hydrogen (secondary N) is 1. The third kappa shape index (κ3) is 6.76. The van der Waals surface area contributed by atoms with E-state index in [1.54, 1.807) is 12.1 Å². The SMILES string of the molecule is CCCCCN(CC(=O)Nc1cccc(S(=O)(=O)N(C)C)c1)C(C)C. The van der Waals surface area contributed by atoms with Gasteiger partial charge in [0.15, 0.2) is 0 Å². The molecule has 1 aromatic rings. The third-order valence-corrected chi connectivity index (χ3v) is 5.83. The van der Waals surface area contributed by atoms with Gasteiger partial charge >= 0.3 is 0 Å². The van der Waals surface area contributed by atoms with Crippen LogP contribution in [0, 0.1) is 0 Å². The molecule has 25 heavy (non-hydrogen) atoms. The van der Waals surface area contributed by atoms with E-state index in [2.05, 4.69) is 31.0 Å². The molecule has 1 rings (SSSR count). The number of unbranched alkanes of at least 4 members (excludes halogenated alkanes) is 2. The molecule has 0 radical (unpaired) electrons. The predicted molar refractivity (Wildman–Crippen MR) is 102 cm³/mol. The smallest absolute Gasteiger partial charge is 0.242 e. The normalized spacial score (nSPS) is 12.2. The van der Waals surface area contributed by atoms with Crippen molar-refractivity contribution in [3.63, 3.8) is 0 Å². The van der Waals surface area contributed by atoms with E-state index < -0.39 is 10.0 Å². The summed E-state index contributed by atoms with van der Waals surface area (Å²) in [7, 11) is -0.548. The molecule has 0 fully saturated rings. The Labute approximate surface area is 152 Å². The van der Waals surface area contributed by atoms with Crippen molar-refractivity contribution < 1.29 is 13.2 Å². The van der Waals surface area contributed by atoms with Crippen molar-refractivity contribution in [2.45, 2.75) is 51.0 Å². The Morgan fingerprint density at radius 3 is 2.44 bits per heavy atom. The first-order valence-electron chi connectivity index (χ1n) is 8.75. The molecule has 1 N–H and O–H groups in total. The van der Waals surface area contributed by atoms with Gasteiger partial charge in [0.25, 0.3) is 0 Å². The molecule has 142 valence electrons. The summed E-state index contributed by atoms with van der Waals surface area (Å²) in [6.07, 6.45) is 3.36. The number of anilines is 1. The molecule has 0 saturated carbocycles. The highest BCUT2D eigenvalue weighted by Crippen LogP contribution is 2.18. The topological polar surface area (TPSA) is 69.7 Å². The molecule has 0 spiro atoms. The Morgan fingerprint density at radius 1 is 1.20 bits per heavy atom. The summed E-state index contributed by atoms with van der Waals surface area (Å²) in [6, 6.07) is 6.62. The summed E-state index contributed by atoms with van der Waals surface area (Å²) in [5.74, 6) is -0.135. The summed E-state index contributed by atoms with van der Waals surface area (Å²) in [5, 5.41) is 2.81. The Kier molecular flexibility index (Phi) is 8.55. The van der Waals surface area contributed by atoms with E-state index in [-0.39, 0.29) is 16.8 Å². The first-order valence-corrected chi connectivity index (χ1v) is 10.2. The van der Waals surface area contributed by atoms with Gasteiger partial charge in [-0.05, 0) is 45.0 Å². The van der Waals surface area contributed by atoms with Crippen molar-refractivity contribution in [1.29, 1.82) is 0 Å². The van der Waals surface area contributed by atoms with E-state index in [4.69, 9.17) is 0 Å². The molecule has 6 nitrogen and oxygen atoms in total. The summed E-state index contributed by atoms with van der Waals surface area (Å²) in [5.41, 5.74) is 0.491. The molecule has 0 bridgehead atoms. The van der Waals surface area contributed by atoms with Gasteiger partial charge in [-0.2, -0.15) is 0 Å². The van der Waals surface area contributed by atoms with Gasteiger partial charge in [-0.15, -0.1) is 0 Å². The number of amides is 1. The second-order valence-corrected chi connectivity index (χ2v) is 8.79. The van der Waals surface area contributed by atoms with Crippen molar-refractivity contribution >= 4 is 21.6 Å². The van der Waals surface area contributed by atoms with Gasteiger partial charge in [0.2, 0.25) is 15.9 Å². The fraction of sp³-hybridized carbons (Fsp3) is 0.611. The van der Waals surface area contributed by atoms with Crippen LogP contribution in [-0.4, -0.2) is 56.8 Å². The van der Waals surface area contributed by atoms with Crippen LogP contribution in [0.25, 0.3) is 0 Å². The Balaban J connectivity index is 2.76. The molecule has 0 unspecified atom stereocenters. The van der Waals surface area contributed by atoms with Crippen LogP contribution in [0.15, 0.2) is 29.2 Å². The highest BCUT2D eigenvalue weighted by molar-refractivity contribution is 7.89. The van der Waals surface area contributed by atoms with Gasteiger partial charge in [-0.3, -0.25) is 9.69 Å². The van der Waals surface area contributed by atoms with Gasteiger partial charge in [0.05, 0.1) is 11.4 Å². The summed E-state index contributed by atoms with van der Waals surface area (Å²) in [6.45, 7) is 7.48. The van der Waals surface area contributed by atoms with E-state index in [1.165, 1.54) is 26.2 Å². The average molecular weight is 370 g/mol. The van der Waals surface area contributed by atoms with Crippen LogP contribution in [-0.2, 0) is 14.8 Å². The number of hydrogen-bond donors (Lipinski definition) is 1. The number of benzene rings is 1. The summed E-state index contributed by atoms with van der Waals surface area (Å²) < 4.78 is 25.5. The fourth-order valence-electron chi connectivity index (χ4n) is 2.41. The monoisotopic (exact) mass is 369 g/mol. The highest BCUT2D eigenvalue weighted by atomic mass is 32.2. The summed E-state index contributed by atoms with van der Waals surface area (Å²) >= 11 is 0. The lowest BCUT2D eigenvalue weighted by molar-refractivity contribution is -0.117. The van der Waals surface area contributed by atoms with E-state index >= 15 is 0 Å². The Bertz CT molecular complexity index is 657. The highest BCUT2D eigenvalue weighted by Gasteiger charge is 2.18. The van der Waals surface area contributed by atoms with Crippen LogP contribution < -0.4 is 5.32 Å². The molecule has 7 heteroatoms. The van der Waals surface area contributed by atoms with Crippen LogP contribution >= 0.6 is 0 Å². The maximum absolute atomic E-state index is 12.3. The lowest BCUT2D eigenvalue weighted by Gasteiger charge is -2.25. The zero-order chi connectivity index (χ0) is 19.0. The van der Waals surface area contributed by atoms with E-state index in [9.17, 15) is 13.2 Å². The minimum atomic E-state index is -3.52. The predicted octanol–water partition coefficient (Wildman–Crippen LogP) is 2.78. The number of rotatable bonds is 10. The number of nitrogens with zero attached hydrogens (tertiary/aromatic N) is 2. The molecule has 0 atom stereocenters. The molecule has 0 aliphatic carbocycles. The molecule has 0 aliphatic heterocycles. The first-order chi connectivity index (χ1) is 11.7. The number of hydrogen-bond acceptors (Lipinski definition) is 4. The standard InChI is InChI=1S/C18H31N3O3S/c1-6-7-8-12-21(15(2)3)14-18(22)19-16-10-9-11-17(13-16)25(23,24)20(4)5/h9-11,13,15H,6-8,12,14H2,1-5H3,(H,19,22). The second-order valence-electron chi connectivity index (χ2n) is 6.63. The first kappa shape index (κ1) is 21.6. The molecular weight excluding hydrogens is 338 g/mol. The largest absolute Gasteiger partial charge is 0.325 e. The van der Waals surface area contributed by atoms with Gasteiger partial charge in [-0.25, -0.2) is 12.7 Å². The molecule has 1 amide bonds. The van der Waals surface area contributed by atoms with Gasteiger partial charge in [0.1, 0.15) is 0 Å². The number of sulfonamides is 1. The number of carbonyl (C=O) groups excluding carboxylic acids is 1. The van der Waals surface area contributed by atoms with Crippen LogP contribution in [0.1, 0.15) is 40.0 Å². The zero-order valence-electron chi connectivity index (χ0n) is 15.9. The van der Waals surface area contributed by atoms with E-state index in [0.29, 0.717) is 12.2 Å². The fourth-order valence-corrected chi connectivity index (χ4v) is 3.36. The summed E-state index contributed by atoms with van der Waals surface area (Å²) in [4.78, 5) is 14.6. The third-order valence-electron chi connectivity index (χ3n) is 4.02. The second kappa shape index (κ2) is 9.89. The molecule has 0 saturated heterocycles. The minimum Gasteiger partial charge on any atom is -0.325 e. The van der Waals surface area contributed by atoms with Crippen molar-refractivity contribution in [3.05, 3.63) is 24.3 Å². The lowest BCUT2D eigenvalue weighted by atomic mass is 10.2. The maximum atomic E-state index is 12.3. The van der Waals surface area contributed by atoms with Crippen LogP contribution in [0.3, 0.4) is 0 Å². The lowest BCUT2D eigenvalue weighted by Crippen LogP contribution is -2.38. The van der Waals surface area contributed by atoms with Crippen molar-refractivity contribution in [2.24, 2.45) is 0 Å². The molecule has 0 heterocycles. The van der Waals surface area contributed by atoms with Crippen molar-refractivity contribution in [3.8, 4) is 0 Å². The van der Waals surface area contributed by atoms with Crippen LogP contribution in [0.2, 0.25) is 0 Å². The Morgan fingerprint density at radius 2 is 1.88 bits per heavy atom. The van der Waals surface area contributed by atoms with Crippen molar-refractivity contribution in [2.75, 3.05) is 32.5 Å². The van der Waals surface area contributed by atoms with E-state index in [1.807, 2.05) is 0 Å². The molecule has 0 aromatic heterocycles. The van der Waals surface area contributed by atoms with Gasteiger partial charge in [-0.1, -0.05) is 25.8 Å². The Hall–Kier alpha value is -1.44. The quantitative estimate of drug-likeness (QED) is 0.644. The van der Waals surface area contributed by atoms with Crippen molar-refractivity contribution in [1.82, 2.24) is 9.21 Å². The molecular formula is C18H31N3O3S. The van der Waals surface area contributed by atoms with E-state index in [0.717, 1.165) is 30.1 Å². The average Bonchev–Trinajstić information content (AvgIpc) is 2.54.